The van der Waals surface area contributed by atoms with E-state index in [4.69, 9.17) is 27.9 Å². The Morgan fingerprint density at radius 3 is 2.19 bits per heavy atom. The van der Waals surface area contributed by atoms with Gasteiger partial charge in [0.05, 0.1) is 10.6 Å². The third kappa shape index (κ3) is 6.57. The van der Waals surface area contributed by atoms with Crippen molar-refractivity contribution in [1.29, 1.82) is 0 Å². The second-order valence-electron chi connectivity index (χ2n) is 6.46. The van der Waals surface area contributed by atoms with Gasteiger partial charge in [0.25, 0.3) is 11.8 Å². The predicted molar refractivity (Wildman–Crippen MR) is 120 cm³/mol. The van der Waals surface area contributed by atoms with Gasteiger partial charge in [0, 0.05) is 10.7 Å². The highest BCUT2D eigenvalue weighted by molar-refractivity contribution is 6.36. The summed E-state index contributed by atoms with van der Waals surface area (Å²) in [5.41, 5.74) is 2.83. The van der Waals surface area contributed by atoms with Crippen molar-refractivity contribution in [3.05, 3.63) is 88.4 Å². The van der Waals surface area contributed by atoms with Crippen molar-refractivity contribution < 1.29 is 19.1 Å². The van der Waals surface area contributed by atoms with Crippen LogP contribution in [0.25, 0.3) is 11.1 Å². The quantitative estimate of drug-likeness (QED) is 0.509. The van der Waals surface area contributed by atoms with Gasteiger partial charge in [-0.3, -0.25) is 14.4 Å². The van der Waals surface area contributed by atoms with Crippen LogP contribution in [0.15, 0.2) is 72.8 Å². The van der Waals surface area contributed by atoms with E-state index in [9.17, 15) is 14.4 Å². The standard InChI is InChI=1S/C23H18Cl2N2O4/c24-17-8-11-19(20(25)12-17)23(30)26-13-22(29)31-14-21(28)27-18-9-6-16(7-10-18)15-4-2-1-3-5-15/h1-12H,13-14H2,(H,26,30)(H,27,28). The molecule has 0 unspecified atom stereocenters. The van der Waals surface area contributed by atoms with Crippen LogP contribution < -0.4 is 10.6 Å². The van der Waals surface area contributed by atoms with Gasteiger partial charge in [0.1, 0.15) is 6.54 Å². The topological polar surface area (TPSA) is 84.5 Å². The largest absolute Gasteiger partial charge is 0.454 e. The summed E-state index contributed by atoms with van der Waals surface area (Å²) in [7, 11) is 0. The molecule has 0 spiro atoms. The summed E-state index contributed by atoms with van der Waals surface area (Å²) >= 11 is 11.7. The highest BCUT2D eigenvalue weighted by atomic mass is 35.5. The molecule has 31 heavy (non-hydrogen) atoms. The van der Waals surface area contributed by atoms with Gasteiger partial charge in [-0.05, 0) is 41.5 Å². The second kappa shape index (κ2) is 10.6. The normalized spacial score (nSPS) is 10.3. The average Bonchev–Trinajstić information content (AvgIpc) is 2.77. The molecule has 0 aliphatic heterocycles. The smallest absolute Gasteiger partial charge is 0.325 e. The first-order chi connectivity index (χ1) is 14.9. The van der Waals surface area contributed by atoms with E-state index >= 15 is 0 Å². The zero-order valence-electron chi connectivity index (χ0n) is 16.2. The van der Waals surface area contributed by atoms with E-state index < -0.39 is 30.9 Å². The van der Waals surface area contributed by atoms with Crippen LogP contribution in [0.1, 0.15) is 10.4 Å². The minimum Gasteiger partial charge on any atom is -0.454 e. The predicted octanol–water partition coefficient (Wildman–Crippen LogP) is 4.57. The van der Waals surface area contributed by atoms with Crippen molar-refractivity contribution in [2.45, 2.75) is 0 Å². The number of rotatable bonds is 7. The second-order valence-corrected chi connectivity index (χ2v) is 7.30. The molecule has 0 bridgehead atoms. The summed E-state index contributed by atoms with van der Waals surface area (Å²) < 4.78 is 4.88. The molecule has 0 fully saturated rings. The minimum atomic E-state index is -0.756. The Morgan fingerprint density at radius 1 is 0.839 bits per heavy atom. The van der Waals surface area contributed by atoms with Crippen LogP contribution >= 0.6 is 23.2 Å². The average molecular weight is 457 g/mol. The lowest BCUT2D eigenvalue weighted by Gasteiger charge is -2.09. The Kier molecular flexibility index (Phi) is 7.65. The van der Waals surface area contributed by atoms with Crippen LogP contribution in [0.5, 0.6) is 0 Å². The van der Waals surface area contributed by atoms with E-state index in [-0.39, 0.29) is 10.6 Å². The highest BCUT2D eigenvalue weighted by Gasteiger charge is 2.13. The van der Waals surface area contributed by atoms with Gasteiger partial charge in [-0.15, -0.1) is 0 Å². The fraction of sp³-hybridized carbons (Fsp3) is 0.0870. The maximum atomic E-state index is 12.1. The summed E-state index contributed by atoms with van der Waals surface area (Å²) in [5.74, 6) is -1.80. The molecule has 0 saturated carbocycles. The third-order valence-electron chi connectivity index (χ3n) is 4.21. The third-order valence-corrected chi connectivity index (χ3v) is 4.76. The van der Waals surface area contributed by atoms with E-state index in [2.05, 4.69) is 10.6 Å². The van der Waals surface area contributed by atoms with Gasteiger partial charge in [0.15, 0.2) is 6.61 Å². The van der Waals surface area contributed by atoms with Gasteiger partial charge in [-0.25, -0.2) is 0 Å². The van der Waals surface area contributed by atoms with Gasteiger partial charge in [-0.2, -0.15) is 0 Å². The lowest BCUT2D eigenvalue weighted by atomic mass is 10.1. The van der Waals surface area contributed by atoms with Crippen molar-refractivity contribution in [1.82, 2.24) is 5.32 Å². The maximum absolute atomic E-state index is 12.1. The van der Waals surface area contributed by atoms with Gasteiger partial charge >= 0.3 is 5.97 Å². The number of hydrogen-bond acceptors (Lipinski definition) is 4. The molecular weight excluding hydrogens is 439 g/mol. The molecule has 2 N–H and O–H groups in total. The molecule has 3 aromatic rings. The first-order valence-corrected chi connectivity index (χ1v) is 10.0. The maximum Gasteiger partial charge on any atom is 0.325 e. The summed E-state index contributed by atoms with van der Waals surface area (Å²) in [5, 5.41) is 5.58. The minimum absolute atomic E-state index is 0.163. The van der Waals surface area contributed by atoms with Crippen LogP contribution in [0.4, 0.5) is 5.69 Å². The number of halogens is 2. The molecule has 0 saturated heterocycles. The number of amides is 2. The Bertz CT molecular complexity index is 1090. The Labute approximate surface area is 189 Å². The number of carbonyl (C=O) groups is 3. The Morgan fingerprint density at radius 2 is 1.52 bits per heavy atom. The number of anilines is 1. The molecule has 3 rings (SSSR count). The lowest BCUT2D eigenvalue weighted by Crippen LogP contribution is -2.32. The zero-order valence-corrected chi connectivity index (χ0v) is 17.7. The molecule has 0 aliphatic rings. The van der Waals surface area contributed by atoms with Crippen molar-refractivity contribution in [3.8, 4) is 11.1 Å². The summed E-state index contributed by atoms with van der Waals surface area (Å²) in [4.78, 5) is 35.9. The van der Waals surface area contributed by atoms with E-state index in [1.54, 1.807) is 12.1 Å². The Balaban J connectivity index is 1.43. The number of hydrogen-bond donors (Lipinski definition) is 2. The first kappa shape index (κ1) is 22.3. The molecule has 158 valence electrons. The summed E-state index contributed by atoms with van der Waals surface area (Å²) in [6, 6.07) is 21.5. The van der Waals surface area contributed by atoms with Crippen molar-refractivity contribution in [3.63, 3.8) is 0 Å². The van der Waals surface area contributed by atoms with Gasteiger partial charge < -0.3 is 15.4 Å². The van der Waals surface area contributed by atoms with Gasteiger partial charge in [0.2, 0.25) is 0 Å². The fourth-order valence-corrected chi connectivity index (χ4v) is 3.19. The van der Waals surface area contributed by atoms with E-state index in [1.807, 2.05) is 42.5 Å². The van der Waals surface area contributed by atoms with Crippen molar-refractivity contribution in [2.75, 3.05) is 18.5 Å². The first-order valence-electron chi connectivity index (χ1n) is 9.26. The molecule has 0 aromatic heterocycles. The van der Waals surface area contributed by atoms with Crippen LogP contribution in [0.3, 0.4) is 0 Å². The van der Waals surface area contributed by atoms with Crippen LogP contribution in [0.2, 0.25) is 10.0 Å². The molecule has 8 heteroatoms. The molecule has 6 nitrogen and oxygen atoms in total. The zero-order chi connectivity index (χ0) is 22.2. The van der Waals surface area contributed by atoms with E-state index in [0.717, 1.165) is 11.1 Å². The number of nitrogens with one attached hydrogen (secondary N) is 2. The molecule has 0 aliphatic carbocycles. The molecule has 3 aromatic carbocycles. The number of esters is 1. The molecule has 0 radical (unpaired) electrons. The van der Waals surface area contributed by atoms with Crippen LogP contribution in [0, 0.1) is 0 Å². The number of carbonyl (C=O) groups excluding carboxylic acids is 3. The van der Waals surface area contributed by atoms with E-state index in [0.29, 0.717) is 10.7 Å². The van der Waals surface area contributed by atoms with E-state index in [1.165, 1.54) is 18.2 Å². The highest BCUT2D eigenvalue weighted by Crippen LogP contribution is 2.21. The number of ether oxygens (including phenoxy) is 1. The molecule has 0 atom stereocenters. The fourth-order valence-electron chi connectivity index (χ4n) is 2.69. The lowest BCUT2D eigenvalue weighted by molar-refractivity contribution is -0.146. The Hall–Kier alpha value is -3.35. The van der Waals surface area contributed by atoms with Crippen LogP contribution in [-0.4, -0.2) is 30.9 Å². The van der Waals surface area contributed by atoms with Crippen LogP contribution in [-0.2, 0) is 14.3 Å². The van der Waals surface area contributed by atoms with Crippen molar-refractivity contribution in [2.24, 2.45) is 0 Å². The summed E-state index contributed by atoms with van der Waals surface area (Å²) in [6.45, 7) is -0.881. The molecule has 0 heterocycles. The summed E-state index contributed by atoms with van der Waals surface area (Å²) in [6.07, 6.45) is 0. The van der Waals surface area contributed by atoms with Crippen molar-refractivity contribution >= 4 is 46.7 Å². The molecular formula is C23H18Cl2N2O4. The monoisotopic (exact) mass is 456 g/mol. The number of benzene rings is 3. The van der Waals surface area contributed by atoms with Gasteiger partial charge in [-0.1, -0.05) is 65.7 Å². The molecule has 2 amide bonds. The SMILES string of the molecule is O=C(COC(=O)CNC(=O)c1ccc(Cl)cc1Cl)Nc1ccc(-c2ccccc2)cc1.